The van der Waals surface area contributed by atoms with Crippen molar-refractivity contribution in [3.05, 3.63) is 188 Å². The summed E-state index contributed by atoms with van der Waals surface area (Å²) in [5.74, 6) is 1.96. The van der Waals surface area contributed by atoms with Crippen molar-refractivity contribution in [1.82, 2.24) is 15.0 Å². The van der Waals surface area contributed by atoms with E-state index in [0.717, 1.165) is 22.3 Å². The maximum absolute atomic E-state index is 5.03. The molecule has 238 valence electrons. The van der Waals surface area contributed by atoms with Crippen LogP contribution in [0.25, 0.3) is 45.3 Å². The van der Waals surface area contributed by atoms with E-state index in [9.17, 15) is 0 Å². The van der Waals surface area contributed by atoms with Crippen molar-refractivity contribution in [2.24, 2.45) is 0 Å². The zero-order valence-electron chi connectivity index (χ0n) is 27.1. The van der Waals surface area contributed by atoms with Crippen molar-refractivity contribution < 1.29 is 0 Å². The summed E-state index contributed by atoms with van der Waals surface area (Å²) in [6.45, 7) is 0. The molecule has 0 saturated heterocycles. The predicted molar refractivity (Wildman–Crippen MR) is 206 cm³/mol. The molecule has 0 saturated carbocycles. The Balaban J connectivity index is 1.25. The average molecular weight is 678 g/mol. The lowest BCUT2D eigenvalue weighted by atomic mass is 10.0. The van der Waals surface area contributed by atoms with Crippen LogP contribution in [-0.4, -0.2) is 15.0 Å². The smallest absolute Gasteiger partial charge is 0.164 e. The lowest BCUT2D eigenvalue weighted by Crippen LogP contribution is -2.11. The molecule has 1 aliphatic heterocycles. The standard InChI is InChI=1S/C45H31N3S2/c1-5-17-32(18-6-1)43-46-44(33-19-7-2-8-20-33)48-45(47-43)35-22-15-21-34(31-35)38-27-16-30-41-42(38)49-39-28-13-14-29-40(39)50(41,36-23-9-3-10-24-36)37-25-11-4-12-26-37/h1-31H. The Labute approximate surface area is 298 Å². The fourth-order valence-electron chi connectivity index (χ4n) is 6.76. The van der Waals surface area contributed by atoms with Gasteiger partial charge in [0.2, 0.25) is 0 Å². The van der Waals surface area contributed by atoms with E-state index in [1.165, 1.54) is 34.9 Å². The number of hydrogen-bond acceptors (Lipinski definition) is 4. The van der Waals surface area contributed by atoms with Gasteiger partial charge in [-0.2, -0.15) is 0 Å². The molecule has 0 N–H and O–H groups in total. The van der Waals surface area contributed by atoms with E-state index in [-0.39, 0.29) is 0 Å². The SMILES string of the molecule is c1ccc(-c2nc(-c3ccccc3)nc(-c3cccc(-c4cccc5c4Sc4ccccc4S5(c4ccccc4)c4ccccc4)c3)n2)cc1. The Kier molecular flexibility index (Phi) is 7.84. The average Bonchev–Trinajstić information content (AvgIpc) is 3.21. The minimum atomic E-state index is -1.79. The minimum absolute atomic E-state index is 0.649. The topological polar surface area (TPSA) is 38.7 Å². The Morgan fingerprint density at radius 1 is 0.360 bits per heavy atom. The van der Waals surface area contributed by atoms with Gasteiger partial charge in [0.05, 0.1) is 0 Å². The molecular formula is C45H31N3S2. The lowest BCUT2D eigenvalue weighted by molar-refractivity contribution is 1.07. The van der Waals surface area contributed by atoms with Gasteiger partial charge in [-0.15, -0.1) is 10.0 Å². The monoisotopic (exact) mass is 677 g/mol. The van der Waals surface area contributed by atoms with Crippen LogP contribution in [0.5, 0.6) is 0 Å². The molecule has 0 fully saturated rings. The van der Waals surface area contributed by atoms with Gasteiger partial charge < -0.3 is 0 Å². The van der Waals surface area contributed by atoms with E-state index >= 15 is 0 Å². The molecule has 8 aromatic rings. The van der Waals surface area contributed by atoms with Gasteiger partial charge in [0.25, 0.3) is 0 Å². The molecule has 0 amide bonds. The summed E-state index contributed by atoms with van der Waals surface area (Å²) in [7, 11) is -1.79. The molecule has 0 bridgehead atoms. The minimum Gasteiger partial charge on any atom is -0.208 e. The second-order valence-corrected chi connectivity index (χ2v) is 16.1. The first-order chi connectivity index (χ1) is 24.8. The maximum Gasteiger partial charge on any atom is 0.164 e. The molecule has 1 aliphatic rings. The largest absolute Gasteiger partial charge is 0.208 e. The Morgan fingerprint density at radius 2 is 0.800 bits per heavy atom. The number of fused-ring (bicyclic) bond motifs is 2. The van der Waals surface area contributed by atoms with Crippen molar-refractivity contribution >= 4 is 21.8 Å². The molecule has 0 radical (unpaired) electrons. The molecule has 5 heteroatoms. The quantitative estimate of drug-likeness (QED) is 0.176. The van der Waals surface area contributed by atoms with Gasteiger partial charge in [-0.3, -0.25) is 0 Å². The highest BCUT2D eigenvalue weighted by molar-refractivity contribution is 8.34. The summed E-state index contributed by atoms with van der Waals surface area (Å²) in [4.78, 5) is 23.0. The van der Waals surface area contributed by atoms with Gasteiger partial charge in [0.15, 0.2) is 17.5 Å². The molecule has 9 rings (SSSR count). The van der Waals surface area contributed by atoms with Crippen molar-refractivity contribution in [3.8, 4) is 45.3 Å². The van der Waals surface area contributed by atoms with Crippen molar-refractivity contribution in [1.29, 1.82) is 0 Å². The highest BCUT2D eigenvalue weighted by Crippen LogP contribution is 2.79. The molecule has 3 nitrogen and oxygen atoms in total. The first kappa shape index (κ1) is 30.3. The number of benzene rings is 7. The number of nitrogens with zero attached hydrogens (tertiary/aromatic N) is 3. The molecule has 0 unspecified atom stereocenters. The van der Waals surface area contributed by atoms with Crippen LogP contribution >= 0.6 is 21.8 Å². The molecule has 2 heterocycles. The number of aromatic nitrogens is 3. The predicted octanol–water partition coefficient (Wildman–Crippen LogP) is 12.3. The molecule has 1 aromatic heterocycles. The normalized spacial score (nSPS) is 13.5. The fourth-order valence-corrected chi connectivity index (χ4v) is 12.7. The summed E-state index contributed by atoms with van der Waals surface area (Å²) in [5.41, 5.74) is 5.19. The Bertz CT molecular complexity index is 2350. The molecule has 50 heavy (non-hydrogen) atoms. The Hall–Kier alpha value is -5.75. The number of hydrogen-bond donors (Lipinski definition) is 0. The summed E-state index contributed by atoms with van der Waals surface area (Å²) in [5, 5.41) is 0. The van der Waals surface area contributed by atoms with Crippen LogP contribution in [0.4, 0.5) is 0 Å². The van der Waals surface area contributed by atoms with Gasteiger partial charge in [0.1, 0.15) is 0 Å². The van der Waals surface area contributed by atoms with E-state index in [4.69, 9.17) is 15.0 Å². The second kappa shape index (κ2) is 12.9. The van der Waals surface area contributed by atoms with Gasteiger partial charge in [-0.25, -0.2) is 15.0 Å². The van der Waals surface area contributed by atoms with E-state index in [2.05, 4.69) is 127 Å². The fraction of sp³-hybridized carbons (Fsp3) is 0. The van der Waals surface area contributed by atoms with Crippen molar-refractivity contribution in [3.63, 3.8) is 0 Å². The Morgan fingerprint density at radius 3 is 1.40 bits per heavy atom. The first-order valence-electron chi connectivity index (χ1n) is 16.6. The second-order valence-electron chi connectivity index (χ2n) is 12.0. The van der Waals surface area contributed by atoms with Crippen molar-refractivity contribution in [2.45, 2.75) is 29.4 Å². The van der Waals surface area contributed by atoms with Gasteiger partial charge in [-0.05, 0) is 59.7 Å². The third-order valence-corrected chi connectivity index (χ3v) is 14.5. The van der Waals surface area contributed by atoms with E-state index < -0.39 is 10.0 Å². The molecule has 0 spiro atoms. The van der Waals surface area contributed by atoms with Crippen LogP contribution in [0.15, 0.2) is 217 Å². The van der Waals surface area contributed by atoms with Crippen LogP contribution in [0.2, 0.25) is 0 Å². The summed E-state index contributed by atoms with van der Waals surface area (Å²) < 4.78 is 0. The van der Waals surface area contributed by atoms with E-state index in [1.807, 2.05) is 72.4 Å². The van der Waals surface area contributed by atoms with Gasteiger partial charge in [-0.1, -0.05) is 151 Å². The van der Waals surface area contributed by atoms with Gasteiger partial charge >= 0.3 is 0 Å². The van der Waals surface area contributed by atoms with Crippen molar-refractivity contribution in [2.75, 3.05) is 0 Å². The summed E-state index contributed by atoms with van der Waals surface area (Å²) in [6, 6.07) is 66.9. The number of rotatable bonds is 6. The third kappa shape index (κ3) is 5.23. The highest BCUT2D eigenvalue weighted by Gasteiger charge is 2.40. The molecule has 0 atom stereocenters. The van der Waals surface area contributed by atoms with E-state index in [0.29, 0.717) is 17.5 Å². The summed E-state index contributed by atoms with van der Waals surface area (Å²) >= 11 is 1.88. The lowest BCUT2D eigenvalue weighted by Gasteiger charge is -2.46. The maximum atomic E-state index is 5.03. The zero-order valence-corrected chi connectivity index (χ0v) is 28.7. The van der Waals surface area contributed by atoms with Crippen LogP contribution in [0.1, 0.15) is 0 Å². The molecule has 7 aromatic carbocycles. The van der Waals surface area contributed by atoms with Crippen LogP contribution in [-0.2, 0) is 0 Å². The zero-order chi connectivity index (χ0) is 33.3. The first-order valence-corrected chi connectivity index (χ1v) is 19.1. The van der Waals surface area contributed by atoms with E-state index in [1.54, 1.807) is 0 Å². The van der Waals surface area contributed by atoms with Crippen LogP contribution in [0, 0.1) is 0 Å². The highest BCUT2D eigenvalue weighted by atomic mass is 32.3. The third-order valence-electron chi connectivity index (χ3n) is 9.02. The van der Waals surface area contributed by atoms with Gasteiger partial charge in [0, 0.05) is 46.1 Å². The molecule has 0 aliphatic carbocycles. The molecular weight excluding hydrogens is 647 g/mol. The summed E-state index contributed by atoms with van der Waals surface area (Å²) in [6.07, 6.45) is 0. The van der Waals surface area contributed by atoms with Crippen LogP contribution < -0.4 is 0 Å². The van der Waals surface area contributed by atoms with Crippen LogP contribution in [0.3, 0.4) is 0 Å².